The number of hydrogen-bond acceptors (Lipinski definition) is 7. The molecule has 2 fully saturated rings. The van der Waals surface area contributed by atoms with E-state index in [-0.39, 0.29) is 28.8 Å². The first kappa shape index (κ1) is 17.7. The third-order valence-corrected chi connectivity index (χ3v) is 5.14. The summed E-state index contributed by atoms with van der Waals surface area (Å²) < 4.78 is 20.0. The van der Waals surface area contributed by atoms with Crippen LogP contribution in [0.25, 0.3) is 0 Å². The maximum atomic E-state index is 14.2. The van der Waals surface area contributed by atoms with Crippen LogP contribution in [0.2, 0.25) is 0 Å². The number of aromatic nitrogens is 2. The first-order valence-corrected chi connectivity index (χ1v) is 9.04. The molecule has 2 aromatic rings. The normalized spacial score (nSPS) is 20.6. The summed E-state index contributed by atoms with van der Waals surface area (Å²) in [5.41, 5.74) is 12.7. The highest BCUT2D eigenvalue weighted by Gasteiger charge is 2.40. The van der Waals surface area contributed by atoms with Crippen molar-refractivity contribution in [2.24, 2.45) is 5.73 Å². The maximum absolute atomic E-state index is 14.2. The fourth-order valence-corrected chi connectivity index (χ4v) is 3.20. The summed E-state index contributed by atoms with van der Waals surface area (Å²) in [7, 11) is 0. The van der Waals surface area contributed by atoms with Crippen molar-refractivity contribution in [3.63, 3.8) is 0 Å². The number of nitrogens with zero attached hydrogens (tertiary/aromatic N) is 3. The average molecular weight is 370 g/mol. The van der Waals surface area contributed by atoms with Gasteiger partial charge in [0.05, 0.1) is 11.4 Å². The van der Waals surface area contributed by atoms with Crippen LogP contribution in [-0.4, -0.2) is 40.4 Å². The Morgan fingerprint density at radius 3 is 2.78 bits per heavy atom. The lowest BCUT2D eigenvalue weighted by molar-refractivity contribution is 0.191. The summed E-state index contributed by atoms with van der Waals surface area (Å²) >= 11 is 0. The van der Waals surface area contributed by atoms with Gasteiger partial charge < -0.3 is 21.1 Å². The number of hydrogen-bond donors (Lipinski definition) is 3. The van der Waals surface area contributed by atoms with Gasteiger partial charge in [-0.1, -0.05) is 0 Å². The highest BCUT2D eigenvalue weighted by molar-refractivity contribution is 6.13. The molecule has 1 saturated carbocycles. The number of nitrogens with one attached hydrogen (secondary N) is 1. The van der Waals surface area contributed by atoms with Crippen LogP contribution >= 0.6 is 0 Å². The largest absolute Gasteiger partial charge is 0.484 e. The topological polar surface area (TPSA) is 114 Å². The molecule has 1 aromatic carbocycles. The van der Waals surface area contributed by atoms with Crippen molar-refractivity contribution >= 4 is 17.2 Å². The number of ether oxygens (including phenoxy) is 1. The second-order valence-electron chi connectivity index (χ2n) is 7.55. The molecular formula is C19H23FN6O. The standard InChI is InChI=1S/C19H23FN6O/c1-19(3-4-19)27-16-6-12(14(22)7-13(16)20)18(23)15-8-17(25-10-24-15)26-5-2-11(21)9-26/h6-8,10-11,23H,2-5,9,21-22H2,1H3. The van der Waals surface area contributed by atoms with E-state index in [0.717, 1.165) is 38.2 Å². The molecule has 0 amide bonds. The molecule has 0 radical (unpaired) electrons. The molecule has 1 aliphatic carbocycles. The molecule has 1 unspecified atom stereocenters. The summed E-state index contributed by atoms with van der Waals surface area (Å²) in [6.07, 6.45) is 4.10. The van der Waals surface area contributed by atoms with E-state index >= 15 is 0 Å². The fourth-order valence-electron chi connectivity index (χ4n) is 3.20. The lowest BCUT2D eigenvalue weighted by atomic mass is 10.0. The monoisotopic (exact) mass is 370 g/mol. The lowest BCUT2D eigenvalue weighted by Crippen LogP contribution is -2.27. The number of benzene rings is 1. The molecule has 1 saturated heterocycles. The van der Waals surface area contributed by atoms with Crippen LogP contribution in [0.15, 0.2) is 24.5 Å². The molecule has 142 valence electrons. The number of anilines is 2. The summed E-state index contributed by atoms with van der Waals surface area (Å²) in [6.45, 7) is 3.48. The van der Waals surface area contributed by atoms with Gasteiger partial charge in [0.1, 0.15) is 17.7 Å². The Bertz CT molecular complexity index is 898. The third kappa shape index (κ3) is 3.57. The second-order valence-corrected chi connectivity index (χ2v) is 7.55. The minimum Gasteiger partial charge on any atom is -0.484 e. The van der Waals surface area contributed by atoms with Gasteiger partial charge in [-0.25, -0.2) is 14.4 Å². The van der Waals surface area contributed by atoms with Crippen LogP contribution in [0.5, 0.6) is 5.75 Å². The summed E-state index contributed by atoms with van der Waals surface area (Å²) in [5, 5.41) is 8.54. The van der Waals surface area contributed by atoms with E-state index in [1.807, 2.05) is 6.92 Å². The SMILES string of the molecule is CC1(Oc2cc(C(=N)c3cc(N4CCC(N)C4)ncn3)c(N)cc2F)CC1. The molecule has 1 atom stereocenters. The van der Waals surface area contributed by atoms with Crippen molar-refractivity contribution in [1.29, 1.82) is 5.41 Å². The Hall–Kier alpha value is -2.74. The zero-order valence-electron chi connectivity index (χ0n) is 15.2. The smallest absolute Gasteiger partial charge is 0.167 e. The molecule has 8 heteroatoms. The average Bonchev–Trinajstić information content (AvgIpc) is 3.20. The Morgan fingerprint density at radius 1 is 1.33 bits per heavy atom. The van der Waals surface area contributed by atoms with Crippen LogP contribution in [0.1, 0.15) is 37.4 Å². The van der Waals surface area contributed by atoms with E-state index in [4.69, 9.17) is 21.6 Å². The molecule has 2 heterocycles. The van der Waals surface area contributed by atoms with Gasteiger partial charge in [-0.05, 0) is 32.3 Å². The van der Waals surface area contributed by atoms with E-state index in [1.54, 1.807) is 6.07 Å². The first-order valence-electron chi connectivity index (χ1n) is 9.04. The van der Waals surface area contributed by atoms with Crippen LogP contribution < -0.4 is 21.1 Å². The number of nitrogen functional groups attached to an aromatic ring is 1. The Balaban J connectivity index is 1.63. The van der Waals surface area contributed by atoms with Gasteiger partial charge in [0, 0.05) is 42.5 Å². The quantitative estimate of drug-likeness (QED) is 0.548. The van der Waals surface area contributed by atoms with E-state index in [0.29, 0.717) is 11.3 Å². The van der Waals surface area contributed by atoms with Crippen LogP contribution in [0, 0.1) is 11.2 Å². The van der Waals surface area contributed by atoms with Crippen LogP contribution in [0.3, 0.4) is 0 Å². The lowest BCUT2D eigenvalue weighted by Gasteiger charge is -2.18. The summed E-state index contributed by atoms with van der Waals surface area (Å²) in [5.74, 6) is 0.315. The highest BCUT2D eigenvalue weighted by atomic mass is 19.1. The van der Waals surface area contributed by atoms with Gasteiger partial charge in [-0.15, -0.1) is 0 Å². The van der Waals surface area contributed by atoms with E-state index in [2.05, 4.69) is 14.9 Å². The third-order valence-electron chi connectivity index (χ3n) is 5.14. The zero-order valence-corrected chi connectivity index (χ0v) is 15.2. The minimum absolute atomic E-state index is 0.102. The van der Waals surface area contributed by atoms with Gasteiger partial charge in [0.15, 0.2) is 11.6 Å². The van der Waals surface area contributed by atoms with E-state index in [1.165, 1.54) is 18.5 Å². The number of nitrogens with two attached hydrogens (primary N) is 2. The maximum Gasteiger partial charge on any atom is 0.167 e. The van der Waals surface area contributed by atoms with E-state index in [9.17, 15) is 4.39 Å². The molecule has 5 N–H and O–H groups in total. The van der Waals surface area contributed by atoms with Gasteiger partial charge in [0.2, 0.25) is 0 Å². The van der Waals surface area contributed by atoms with Crippen molar-refractivity contribution in [3.05, 3.63) is 41.6 Å². The molecule has 0 spiro atoms. The van der Waals surface area contributed by atoms with Gasteiger partial charge in [-0.3, -0.25) is 5.41 Å². The van der Waals surface area contributed by atoms with Crippen LogP contribution in [-0.2, 0) is 0 Å². The molecule has 0 bridgehead atoms. The van der Waals surface area contributed by atoms with Gasteiger partial charge >= 0.3 is 0 Å². The van der Waals surface area contributed by atoms with Crippen LogP contribution in [0.4, 0.5) is 15.9 Å². The van der Waals surface area contributed by atoms with Crippen molar-refractivity contribution in [3.8, 4) is 5.75 Å². The molecule has 4 rings (SSSR count). The number of halogens is 1. The van der Waals surface area contributed by atoms with E-state index < -0.39 is 5.82 Å². The van der Waals surface area contributed by atoms with Gasteiger partial charge in [-0.2, -0.15) is 0 Å². The Labute approximate surface area is 157 Å². The Morgan fingerprint density at radius 2 is 2.11 bits per heavy atom. The predicted molar refractivity (Wildman–Crippen MR) is 102 cm³/mol. The van der Waals surface area contributed by atoms with Crippen molar-refractivity contribution in [2.75, 3.05) is 23.7 Å². The zero-order chi connectivity index (χ0) is 19.2. The number of rotatable bonds is 5. The first-order chi connectivity index (χ1) is 12.8. The molecular weight excluding hydrogens is 347 g/mol. The second kappa shape index (κ2) is 6.45. The summed E-state index contributed by atoms with van der Waals surface area (Å²) in [4.78, 5) is 10.6. The minimum atomic E-state index is -0.522. The molecule has 1 aromatic heterocycles. The molecule has 2 aliphatic rings. The molecule has 1 aliphatic heterocycles. The predicted octanol–water partition coefficient (Wildman–Crippen LogP) is 2.08. The van der Waals surface area contributed by atoms with Crippen molar-refractivity contribution in [2.45, 2.75) is 37.8 Å². The molecule has 27 heavy (non-hydrogen) atoms. The Kier molecular flexibility index (Phi) is 4.22. The van der Waals surface area contributed by atoms with Crippen molar-refractivity contribution < 1.29 is 9.13 Å². The van der Waals surface area contributed by atoms with Gasteiger partial charge in [0.25, 0.3) is 0 Å². The highest BCUT2D eigenvalue weighted by Crippen LogP contribution is 2.41. The summed E-state index contributed by atoms with van der Waals surface area (Å²) in [6, 6.07) is 4.56. The molecule has 7 nitrogen and oxygen atoms in total. The fraction of sp³-hybridized carbons (Fsp3) is 0.421. The van der Waals surface area contributed by atoms with Crippen molar-refractivity contribution in [1.82, 2.24) is 9.97 Å².